The highest BCUT2D eigenvalue weighted by molar-refractivity contribution is 5.95. The Kier molecular flexibility index (Phi) is 11.8. The fourth-order valence-corrected chi connectivity index (χ4v) is 3.89. The van der Waals surface area contributed by atoms with Crippen molar-refractivity contribution in [3.05, 3.63) is 96.1 Å². The molecule has 0 amide bonds. The highest BCUT2D eigenvalue weighted by Crippen LogP contribution is 2.19. The van der Waals surface area contributed by atoms with Gasteiger partial charge in [0.05, 0.1) is 26.2 Å². The molecule has 4 N–H and O–H groups in total. The molecule has 0 saturated heterocycles. The van der Waals surface area contributed by atoms with Crippen LogP contribution in [-0.4, -0.2) is 64.8 Å². The summed E-state index contributed by atoms with van der Waals surface area (Å²) in [7, 11) is 0. The molecule has 42 heavy (non-hydrogen) atoms. The maximum atomic E-state index is 12.1. The first-order valence-electron chi connectivity index (χ1n) is 13.7. The number of para-hydroxylation sites is 1. The zero-order valence-electron chi connectivity index (χ0n) is 23.2. The molecule has 0 saturated carbocycles. The lowest BCUT2D eigenvalue weighted by Crippen LogP contribution is -2.15. The largest absolute Gasteiger partial charge is 0.481 e. The number of hydrogen-bond donors (Lipinski definition) is 4. The van der Waals surface area contributed by atoms with E-state index in [9.17, 15) is 9.59 Å². The highest BCUT2D eigenvalue weighted by atomic mass is 16.5. The number of nitrogens with one attached hydrogen (secondary N) is 3. The smallest absolute Gasteiger partial charge is 0.307 e. The van der Waals surface area contributed by atoms with Crippen molar-refractivity contribution >= 4 is 41.0 Å². The van der Waals surface area contributed by atoms with Crippen molar-refractivity contribution in [3.63, 3.8) is 0 Å². The number of carboxylic acid groups (broad SMARTS) is 1. The second-order valence-electron chi connectivity index (χ2n) is 9.23. The summed E-state index contributed by atoms with van der Waals surface area (Å²) >= 11 is 0. The van der Waals surface area contributed by atoms with E-state index in [0.717, 1.165) is 11.3 Å². The van der Waals surface area contributed by atoms with E-state index in [1.165, 1.54) is 0 Å². The molecule has 4 rings (SSSR count). The van der Waals surface area contributed by atoms with Crippen LogP contribution in [0.1, 0.15) is 28.8 Å². The monoisotopic (exact) mass is 570 g/mol. The molecule has 4 aromatic rings. The van der Waals surface area contributed by atoms with Crippen molar-refractivity contribution in [1.29, 1.82) is 0 Å². The Morgan fingerprint density at radius 3 is 1.88 bits per heavy atom. The molecular formula is C31H34N6O5. The Morgan fingerprint density at radius 1 is 0.667 bits per heavy atom. The lowest BCUT2D eigenvalue weighted by atomic mass is 10.1. The van der Waals surface area contributed by atoms with E-state index >= 15 is 0 Å². The van der Waals surface area contributed by atoms with E-state index < -0.39 is 5.97 Å². The second kappa shape index (κ2) is 16.4. The predicted molar refractivity (Wildman–Crippen MR) is 161 cm³/mol. The number of aliphatic carboxylic acids is 1. The summed E-state index contributed by atoms with van der Waals surface area (Å²) < 4.78 is 11.2. The van der Waals surface area contributed by atoms with Crippen LogP contribution in [0.2, 0.25) is 0 Å². The van der Waals surface area contributed by atoms with E-state index in [2.05, 4.69) is 30.9 Å². The molecule has 1 aromatic heterocycles. The van der Waals surface area contributed by atoms with Crippen LogP contribution >= 0.6 is 0 Å². The molecule has 0 fully saturated rings. The Balaban J connectivity index is 1.21. The van der Waals surface area contributed by atoms with Gasteiger partial charge in [-0.1, -0.05) is 60.7 Å². The molecule has 11 nitrogen and oxygen atoms in total. The van der Waals surface area contributed by atoms with Crippen LogP contribution in [0.15, 0.2) is 84.9 Å². The number of hydrogen-bond acceptors (Lipinski definition) is 10. The minimum Gasteiger partial charge on any atom is -0.481 e. The van der Waals surface area contributed by atoms with E-state index in [0.29, 0.717) is 74.9 Å². The van der Waals surface area contributed by atoms with Crippen molar-refractivity contribution in [3.8, 4) is 0 Å². The van der Waals surface area contributed by atoms with Crippen molar-refractivity contribution in [1.82, 2.24) is 15.0 Å². The number of carbonyl (C=O) groups excluding carboxylic acids is 1. The SMILES string of the molecule is O=C(O)Cc1ccc(Nc2nc(NCCOCCOCCCC(=O)c3ccccc3)nc(Nc3ccccc3)n2)cc1. The summed E-state index contributed by atoms with van der Waals surface area (Å²) in [6, 6.07) is 25.8. The topological polar surface area (TPSA) is 148 Å². The molecule has 0 spiro atoms. The van der Waals surface area contributed by atoms with Gasteiger partial charge in [0, 0.05) is 36.5 Å². The zero-order chi connectivity index (χ0) is 29.4. The van der Waals surface area contributed by atoms with Crippen LogP contribution in [0.3, 0.4) is 0 Å². The number of rotatable bonds is 18. The van der Waals surface area contributed by atoms with Crippen LogP contribution in [0, 0.1) is 0 Å². The predicted octanol–water partition coefficient (Wildman–Crippen LogP) is 5.09. The molecule has 0 atom stereocenters. The summed E-state index contributed by atoms with van der Waals surface area (Å²) in [4.78, 5) is 36.4. The van der Waals surface area contributed by atoms with Gasteiger partial charge in [0.2, 0.25) is 17.8 Å². The quantitative estimate of drug-likeness (QED) is 0.0936. The molecule has 11 heteroatoms. The summed E-state index contributed by atoms with van der Waals surface area (Å²) in [6.45, 7) is 2.24. The Labute approximate surface area is 244 Å². The summed E-state index contributed by atoms with van der Waals surface area (Å²) in [5, 5.41) is 18.5. The number of ether oxygens (including phenoxy) is 2. The van der Waals surface area contributed by atoms with Crippen LogP contribution in [-0.2, 0) is 20.7 Å². The molecule has 218 valence electrons. The number of benzene rings is 3. The average molecular weight is 571 g/mol. The zero-order valence-corrected chi connectivity index (χ0v) is 23.2. The normalized spacial score (nSPS) is 10.7. The number of aromatic nitrogens is 3. The molecule has 0 unspecified atom stereocenters. The van der Waals surface area contributed by atoms with Gasteiger partial charge in [-0.25, -0.2) is 0 Å². The number of nitrogens with zero attached hydrogens (tertiary/aromatic N) is 3. The number of anilines is 5. The van der Waals surface area contributed by atoms with E-state index in [1.54, 1.807) is 24.3 Å². The van der Waals surface area contributed by atoms with Crippen molar-refractivity contribution < 1.29 is 24.2 Å². The van der Waals surface area contributed by atoms with E-state index in [1.807, 2.05) is 60.7 Å². The van der Waals surface area contributed by atoms with Gasteiger partial charge in [0.25, 0.3) is 0 Å². The molecule has 3 aromatic carbocycles. The standard InChI is InChI=1S/C31H34N6O5/c38-27(24-8-3-1-4-9-24)12-7-18-41-20-21-42-19-17-32-29-35-30(33-25-10-5-2-6-11-25)37-31(36-29)34-26-15-13-23(14-16-26)22-28(39)40/h1-6,8-11,13-16H,7,12,17-22H2,(H,39,40)(H3,32,33,34,35,36,37). The third kappa shape index (κ3) is 10.6. The first kappa shape index (κ1) is 30.1. The Morgan fingerprint density at radius 2 is 1.24 bits per heavy atom. The second-order valence-corrected chi connectivity index (χ2v) is 9.23. The summed E-state index contributed by atoms with van der Waals surface area (Å²) in [6.07, 6.45) is 1.07. The molecule has 0 aliphatic heterocycles. The van der Waals surface area contributed by atoms with E-state index in [-0.39, 0.29) is 12.2 Å². The van der Waals surface area contributed by atoms with E-state index in [4.69, 9.17) is 14.6 Å². The number of carbonyl (C=O) groups is 2. The Hall–Kier alpha value is -4.87. The molecule has 0 bridgehead atoms. The Bertz CT molecular complexity index is 1400. The van der Waals surface area contributed by atoms with Crippen LogP contribution in [0.5, 0.6) is 0 Å². The van der Waals surface area contributed by atoms with Gasteiger partial charge < -0.3 is 30.5 Å². The van der Waals surface area contributed by atoms with Gasteiger partial charge in [0.1, 0.15) is 0 Å². The molecule has 0 aliphatic rings. The van der Waals surface area contributed by atoms with Crippen LogP contribution in [0.4, 0.5) is 29.2 Å². The number of carboxylic acids is 1. The molecular weight excluding hydrogens is 536 g/mol. The molecule has 0 radical (unpaired) electrons. The third-order valence-corrected chi connectivity index (χ3v) is 5.92. The fraction of sp³-hybridized carbons (Fsp3) is 0.258. The van der Waals surface area contributed by atoms with Gasteiger partial charge in [-0.2, -0.15) is 15.0 Å². The average Bonchev–Trinajstić information content (AvgIpc) is 2.99. The summed E-state index contributed by atoms with van der Waals surface area (Å²) in [5.41, 5.74) is 2.95. The van der Waals surface area contributed by atoms with Gasteiger partial charge in [-0.3, -0.25) is 9.59 Å². The summed E-state index contributed by atoms with van der Waals surface area (Å²) in [5.74, 6) is 0.260. The van der Waals surface area contributed by atoms with Gasteiger partial charge in [-0.15, -0.1) is 0 Å². The third-order valence-electron chi connectivity index (χ3n) is 5.92. The molecule has 1 heterocycles. The van der Waals surface area contributed by atoms with Crippen LogP contribution < -0.4 is 16.0 Å². The molecule has 0 aliphatic carbocycles. The maximum absolute atomic E-state index is 12.1. The van der Waals surface area contributed by atoms with Gasteiger partial charge in [-0.05, 0) is 36.2 Å². The van der Waals surface area contributed by atoms with Crippen LogP contribution in [0.25, 0.3) is 0 Å². The van der Waals surface area contributed by atoms with Gasteiger partial charge >= 0.3 is 5.97 Å². The lowest BCUT2D eigenvalue weighted by Gasteiger charge is -2.12. The first-order valence-corrected chi connectivity index (χ1v) is 13.7. The van der Waals surface area contributed by atoms with Crippen molar-refractivity contribution in [2.75, 3.05) is 48.9 Å². The van der Waals surface area contributed by atoms with Crippen molar-refractivity contribution in [2.24, 2.45) is 0 Å². The van der Waals surface area contributed by atoms with Crippen molar-refractivity contribution in [2.45, 2.75) is 19.3 Å². The first-order chi connectivity index (χ1) is 20.5. The fourth-order valence-electron chi connectivity index (χ4n) is 3.89. The lowest BCUT2D eigenvalue weighted by molar-refractivity contribution is -0.136. The highest BCUT2D eigenvalue weighted by Gasteiger charge is 2.09. The number of ketones is 1. The minimum absolute atomic E-state index is 0.0464. The maximum Gasteiger partial charge on any atom is 0.307 e. The number of Topliss-reactive ketones (excluding diaryl/α,β-unsaturated/α-hetero) is 1. The minimum atomic E-state index is -0.885. The van der Waals surface area contributed by atoms with Gasteiger partial charge in [0.15, 0.2) is 5.78 Å².